The molecule has 0 radical (unpaired) electrons. The third kappa shape index (κ3) is 4.92. The van der Waals surface area contributed by atoms with E-state index in [1.165, 1.54) is 26.8 Å². The molecule has 0 heterocycles. The molecule has 2 aromatic rings. The minimum absolute atomic E-state index is 0.0287. The van der Waals surface area contributed by atoms with E-state index in [0.29, 0.717) is 11.1 Å². The highest BCUT2D eigenvalue weighted by atomic mass is 16.6. The number of rotatable bonds is 5. The fourth-order valence-corrected chi connectivity index (χ4v) is 3.54. The number of carbonyl (C=O) groups is 4. The van der Waals surface area contributed by atoms with Crippen molar-refractivity contribution in [2.75, 3.05) is 0 Å². The number of ketones is 1. The molecule has 0 N–H and O–H groups in total. The quantitative estimate of drug-likeness (QED) is 0.424. The summed E-state index contributed by atoms with van der Waals surface area (Å²) in [6.45, 7) is 3.63. The summed E-state index contributed by atoms with van der Waals surface area (Å²) in [6.07, 6.45) is -1.56. The molecule has 3 rings (SSSR count). The second-order valence-corrected chi connectivity index (χ2v) is 7.08. The van der Waals surface area contributed by atoms with Gasteiger partial charge in [0.05, 0.1) is 0 Å². The first-order chi connectivity index (χ1) is 14.2. The Hall–Kier alpha value is -3.48. The van der Waals surface area contributed by atoms with Crippen molar-refractivity contribution in [1.29, 1.82) is 0 Å². The van der Waals surface area contributed by atoms with Crippen molar-refractivity contribution in [3.63, 3.8) is 0 Å². The van der Waals surface area contributed by atoms with E-state index in [1.54, 1.807) is 12.1 Å². The Morgan fingerprint density at radius 3 is 2.07 bits per heavy atom. The molecule has 0 unspecified atom stereocenters. The van der Waals surface area contributed by atoms with Crippen LogP contribution in [0.15, 0.2) is 54.1 Å². The zero-order chi connectivity index (χ0) is 21.8. The van der Waals surface area contributed by atoms with Crippen molar-refractivity contribution in [1.82, 2.24) is 0 Å². The Morgan fingerprint density at radius 1 is 0.800 bits per heavy atom. The van der Waals surface area contributed by atoms with Gasteiger partial charge in [0.1, 0.15) is 6.10 Å². The highest BCUT2D eigenvalue weighted by Crippen LogP contribution is 2.30. The maximum absolute atomic E-state index is 13.2. The van der Waals surface area contributed by atoms with E-state index < -0.39 is 36.2 Å². The Labute approximate surface area is 173 Å². The SMILES string of the molecule is CC(=O)O[C@@H]1[C@H](OC(C)=O)C=C(C(=O)c2ccc3ccccc3c2)C[C@H]1OC(C)=O. The van der Waals surface area contributed by atoms with Crippen molar-refractivity contribution in [3.8, 4) is 0 Å². The lowest BCUT2D eigenvalue weighted by Gasteiger charge is -2.34. The van der Waals surface area contributed by atoms with E-state index in [0.717, 1.165) is 10.8 Å². The van der Waals surface area contributed by atoms with Gasteiger partial charge in [0.2, 0.25) is 0 Å². The predicted molar refractivity (Wildman–Crippen MR) is 108 cm³/mol. The smallest absolute Gasteiger partial charge is 0.303 e. The van der Waals surface area contributed by atoms with E-state index in [4.69, 9.17) is 14.2 Å². The Morgan fingerprint density at radius 2 is 1.43 bits per heavy atom. The molecular weight excluding hydrogens is 388 g/mol. The largest absolute Gasteiger partial charge is 0.458 e. The molecule has 0 saturated heterocycles. The van der Waals surface area contributed by atoms with Crippen molar-refractivity contribution in [2.45, 2.75) is 45.5 Å². The molecule has 0 spiro atoms. The summed E-state index contributed by atoms with van der Waals surface area (Å²) in [5.41, 5.74) is 0.764. The molecule has 30 heavy (non-hydrogen) atoms. The second-order valence-electron chi connectivity index (χ2n) is 7.08. The summed E-state index contributed by atoms with van der Waals surface area (Å²) < 4.78 is 15.8. The van der Waals surface area contributed by atoms with E-state index in [9.17, 15) is 19.2 Å². The van der Waals surface area contributed by atoms with Crippen molar-refractivity contribution in [3.05, 3.63) is 59.7 Å². The van der Waals surface area contributed by atoms with Crippen LogP contribution in [0.5, 0.6) is 0 Å². The highest BCUT2D eigenvalue weighted by molar-refractivity contribution is 6.10. The van der Waals surface area contributed by atoms with Crippen LogP contribution in [0.3, 0.4) is 0 Å². The average Bonchev–Trinajstić information content (AvgIpc) is 2.68. The molecule has 1 aliphatic rings. The molecule has 0 saturated carbocycles. The van der Waals surface area contributed by atoms with Crippen molar-refractivity contribution < 1.29 is 33.4 Å². The molecule has 7 heteroatoms. The highest BCUT2D eigenvalue weighted by Gasteiger charge is 2.41. The van der Waals surface area contributed by atoms with Crippen LogP contribution in [-0.2, 0) is 28.6 Å². The van der Waals surface area contributed by atoms with Crippen LogP contribution in [0, 0.1) is 0 Å². The number of carbonyl (C=O) groups excluding carboxylic acids is 4. The second kappa shape index (κ2) is 8.90. The van der Waals surface area contributed by atoms with Gasteiger partial charge in [-0.05, 0) is 22.9 Å². The Kier molecular flexibility index (Phi) is 6.30. The van der Waals surface area contributed by atoms with Gasteiger partial charge in [-0.25, -0.2) is 0 Å². The van der Waals surface area contributed by atoms with Crippen LogP contribution in [0.25, 0.3) is 10.8 Å². The van der Waals surface area contributed by atoms with Gasteiger partial charge in [0.25, 0.3) is 0 Å². The zero-order valence-corrected chi connectivity index (χ0v) is 16.9. The first-order valence-corrected chi connectivity index (χ1v) is 9.50. The minimum atomic E-state index is -1.05. The summed E-state index contributed by atoms with van der Waals surface area (Å²) in [4.78, 5) is 47.9. The lowest BCUT2D eigenvalue weighted by Crippen LogP contribution is -2.47. The maximum Gasteiger partial charge on any atom is 0.303 e. The molecule has 0 fully saturated rings. The molecule has 2 aromatic carbocycles. The number of benzene rings is 2. The third-order valence-corrected chi connectivity index (χ3v) is 4.70. The maximum atomic E-state index is 13.2. The summed E-state index contributed by atoms with van der Waals surface area (Å²) in [5, 5.41) is 1.91. The number of hydrogen-bond acceptors (Lipinski definition) is 7. The molecule has 3 atom stereocenters. The minimum Gasteiger partial charge on any atom is -0.458 e. The third-order valence-electron chi connectivity index (χ3n) is 4.70. The molecule has 1 aliphatic carbocycles. The average molecular weight is 410 g/mol. The van der Waals surface area contributed by atoms with Gasteiger partial charge in [-0.15, -0.1) is 0 Å². The van der Waals surface area contributed by atoms with Crippen LogP contribution in [0.2, 0.25) is 0 Å². The molecular formula is C23H22O7. The van der Waals surface area contributed by atoms with Gasteiger partial charge in [0.15, 0.2) is 18.0 Å². The normalized spacial score (nSPS) is 20.8. The number of Topliss-reactive ketones (excluding diaryl/α,β-unsaturated/α-hetero) is 1. The topological polar surface area (TPSA) is 96.0 Å². The monoisotopic (exact) mass is 410 g/mol. The lowest BCUT2D eigenvalue weighted by molar-refractivity contribution is -0.180. The van der Waals surface area contributed by atoms with Crippen LogP contribution in [0.1, 0.15) is 37.6 Å². The first kappa shape index (κ1) is 21.2. The molecule has 0 bridgehead atoms. The summed E-state index contributed by atoms with van der Waals surface area (Å²) in [5.74, 6) is -2.11. The Bertz CT molecular complexity index is 1040. The fourth-order valence-electron chi connectivity index (χ4n) is 3.54. The van der Waals surface area contributed by atoms with Gasteiger partial charge >= 0.3 is 17.9 Å². The van der Waals surface area contributed by atoms with Crippen LogP contribution < -0.4 is 0 Å². The predicted octanol–water partition coefficient (Wildman–Crippen LogP) is 3.15. The molecule has 0 aromatic heterocycles. The van der Waals surface area contributed by atoms with Crippen molar-refractivity contribution in [2.24, 2.45) is 0 Å². The number of ether oxygens (including phenoxy) is 3. The van der Waals surface area contributed by atoms with Gasteiger partial charge in [0, 0.05) is 38.3 Å². The summed E-state index contributed by atoms with van der Waals surface area (Å²) in [6, 6.07) is 13.0. The van der Waals surface area contributed by atoms with Crippen LogP contribution in [-0.4, -0.2) is 42.0 Å². The molecule has 0 amide bonds. The summed E-state index contributed by atoms with van der Waals surface area (Å²) >= 11 is 0. The first-order valence-electron chi connectivity index (χ1n) is 9.50. The molecule has 156 valence electrons. The van der Waals surface area contributed by atoms with Crippen molar-refractivity contribution >= 4 is 34.5 Å². The summed E-state index contributed by atoms with van der Waals surface area (Å²) in [7, 11) is 0. The van der Waals surface area contributed by atoms with E-state index >= 15 is 0 Å². The van der Waals surface area contributed by atoms with Crippen LogP contribution >= 0.6 is 0 Å². The van der Waals surface area contributed by atoms with Gasteiger partial charge in [-0.3, -0.25) is 19.2 Å². The van der Waals surface area contributed by atoms with Crippen LogP contribution in [0.4, 0.5) is 0 Å². The standard InChI is InChI=1S/C23H22O7/c1-13(24)28-20-11-19(12-21(29-14(2)25)23(20)30-15(3)26)22(27)18-9-8-16-6-4-5-7-17(16)10-18/h4-11,20-21,23H,12H2,1-3H3/t20-,21-,23-/m1/s1. The van der Waals surface area contributed by atoms with Gasteiger partial charge < -0.3 is 14.2 Å². The Balaban J connectivity index is 1.98. The van der Waals surface area contributed by atoms with E-state index in [-0.39, 0.29) is 12.2 Å². The van der Waals surface area contributed by atoms with Gasteiger partial charge in [-0.1, -0.05) is 36.4 Å². The number of fused-ring (bicyclic) bond motifs is 1. The van der Waals surface area contributed by atoms with Gasteiger partial charge in [-0.2, -0.15) is 0 Å². The number of esters is 3. The number of hydrogen-bond donors (Lipinski definition) is 0. The lowest BCUT2D eigenvalue weighted by atomic mass is 9.87. The molecule has 0 aliphatic heterocycles. The fraction of sp³-hybridized carbons (Fsp3) is 0.304. The van der Waals surface area contributed by atoms with E-state index in [2.05, 4.69) is 0 Å². The van der Waals surface area contributed by atoms with E-state index in [1.807, 2.05) is 30.3 Å². The zero-order valence-electron chi connectivity index (χ0n) is 16.9. The molecule has 7 nitrogen and oxygen atoms in total.